The highest BCUT2D eigenvalue weighted by Crippen LogP contribution is 2.39. The van der Waals surface area contributed by atoms with E-state index in [1.807, 2.05) is 29.2 Å². The number of anilines is 1. The molecule has 0 bridgehead atoms. The molecule has 1 atom stereocenters. The fraction of sp³-hybridized carbons (Fsp3) is 0.583. The van der Waals surface area contributed by atoms with Crippen LogP contribution in [0.1, 0.15) is 65.4 Å². The van der Waals surface area contributed by atoms with Gasteiger partial charge in [-0.15, -0.1) is 0 Å². The van der Waals surface area contributed by atoms with Crippen molar-refractivity contribution in [1.29, 1.82) is 0 Å². The number of aliphatic imine (C=N–C) groups is 2. The van der Waals surface area contributed by atoms with E-state index in [2.05, 4.69) is 15.3 Å². The van der Waals surface area contributed by atoms with E-state index < -0.39 is 29.4 Å². The summed E-state index contributed by atoms with van der Waals surface area (Å²) in [5, 5.41) is 2.63. The summed E-state index contributed by atoms with van der Waals surface area (Å²) in [4.78, 5) is 35.6. The summed E-state index contributed by atoms with van der Waals surface area (Å²) in [7, 11) is 0. The van der Waals surface area contributed by atoms with E-state index in [4.69, 9.17) is 20.9 Å². The summed E-state index contributed by atoms with van der Waals surface area (Å²) in [6.45, 7) is 7.22. The molecule has 3 rings (SSSR count). The SMILES string of the molecule is CCOC(=O)C(Cc1ccc(N2C(N)=NC(N)=NC23CCCCC3)cc1)NC(=O)OC(C)(C)C. The molecule has 1 aromatic carbocycles. The number of nitrogens with two attached hydrogens (primary N) is 2. The number of carbonyl (C=O) groups is 2. The normalized spacial score (nSPS) is 18.5. The predicted molar refractivity (Wildman–Crippen MR) is 131 cm³/mol. The number of nitrogens with zero attached hydrogens (tertiary/aromatic N) is 3. The maximum Gasteiger partial charge on any atom is 0.408 e. The van der Waals surface area contributed by atoms with Crippen molar-refractivity contribution in [3.8, 4) is 0 Å². The summed E-state index contributed by atoms with van der Waals surface area (Å²) >= 11 is 0. The summed E-state index contributed by atoms with van der Waals surface area (Å²) in [6, 6.07) is 6.74. The van der Waals surface area contributed by atoms with Crippen molar-refractivity contribution in [3.05, 3.63) is 29.8 Å². The quantitative estimate of drug-likeness (QED) is 0.540. The van der Waals surface area contributed by atoms with Gasteiger partial charge in [-0.1, -0.05) is 18.6 Å². The van der Waals surface area contributed by atoms with E-state index in [0.717, 1.165) is 43.4 Å². The number of esters is 1. The topological polar surface area (TPSA) is 145 Å². The molecular weight excluding hydrogens is 436 g/mol. The second-order valence-electron chi connectivity index (χ2n) is 9.64. The lowest BCUT2D eigenvalue weighted by atomic mass is 9.87. The van der Waals surface area contributed by atoms with Crippen molar-refractivity contribution in [2.45, 2.75) is 83.5 Å². The van der Waals surface area contributed by atoms with Crippen molar-refractivity contribution in [2.24, 2.45) is 21.5 Å². The third-order valence-corrected chi connectivity index (χ3v) is 5.75. The zero-order valence-corrected chi connectivity index (χ0v) is 20.5. The number of amides is 1. The lowest BCUT2D eigenvalue weighted by Gasteiger charge is -2.45. The first-order valence-electron chi connectivity index (χ1n) is 11.8. The lowest BCUT2D eigenvalue weighted by Crippen LogP contribution is -2.58. The number of hydrogen-bond acceptors (Lipinski definition) is 9. The molecule has 1 spiro atoms. The number of benzene rings is 1. The Labute approximate surface area is 200 Å². The van der Waals surface area contributed by atoms with Gasteiger partial charge in [-0.3, -0.25) is 4.90 Å². The Morgan fingerprint density at radius 3 is 2.38 bits per heavy atom. The molecular formula is C24H36N6O4. The molecule has 1 saturated carbocycles. The maximum atomic E-state index is 12.5. The van der Waals surface area contributed by atoms with Gasteiger partial charge in [0.05, 0.1) is 6.61 Å². The zero-order chi connectivity index (χ0) is 24.9. The Morgan fingerprint density at radius 2 is 1.79 bits per heavy atom. The molecule has 1 unspecified atom stereocenters. The van der Waals surface area contributed by atoms with Gasteiger partial charge in [0.25, 0.3) is 0 Å². The molecule has 1 aliphatic carbocycles. The molecule has 2 aliphatic rings. The highest BCUT2D eigenvalue weighted by atomic mass is 16.6. The van der Waals surface area contributed by atoms with Crippen LogP contribution in [0.2, 0.25) is 0 Å². The number of alkyl carbamates (subject to hydrolysis) is 1. The first-order chi connectivity index (χ1) is 16.0. The molecule has 1 aliphatic heterocycles. The molecule has 1 amide bonds. The van der Waals surface area contributed by atoms with Crippen molar-refractivity contribution in [2.75, 3.05) is 11.5 Å². The van der Waals surface area contributed by atoms with E-state index >= 15 is 0 Å². The molecule has 186 valence electrons. The second kappa shape index (κ2) is 10.3. The highest BCUT2D eigenvalue weighted by molar-refractivity contribution is 6.05. The fourth-order valence-electron chi connectivity index (χ4n) is 4.40. The van der Waals surface area contributed by atoms with Crippen LogP contribution in [-0.2, 0) is 20.7 Å². The van der Waals surface area contributed by atoms with Crippen molar-refractivity contribution < 1.29 is 19.1 Å². The van der Waals surface area contributed by atoms with E-state index in [-0.39, 0.29) is 19.0 Å². The molecule has 34 heavy (non-hydrogen) atoms. The minimum absolute atomic E-state index is 0.206. The number of nitrogens with one attached hydrogen (secondary N) is 1. The van der Waals surface area contributed by atoms with Crippen molar-refractivity contribution in [3.63, 3.8) is 0 Å². The van der Waals surface area contributed by atoms with Gasteiger partial charge in [0.2, 0.25) is 11.9 Å². The first kappa shape index (κ1) is 25.3. The van der Waals surface area contributed by atoms with Crippen molar-refractivity contribution >= 4 is 29.7 Å². The minimum atomic E-state index is -0.878. The number of carbonyl (C=O) groups excluding carboxylic acids is 2. The monoisotopic (exact) mass is 472 g/mol. The van der Waals surface area contributed by atoms with Crippen LogP contribution in [0.5, 0.6) is 0 Å². The molecule has 1 aromatic rings. The van der Waals surface area contributed by atoms with E-state index in [9.17, 15) is 9.59 Å². The van der Waals surface area contributed by atoms with Gasteiger partial charge in [-0.05, 0) is 71.1 Å². The summed E-state index contributed by atoms with van der Waals surface area (Å²) in [5.74, 6) is 0.00623. The summed E-state index contributed by atoms with van der Waals surface area (Å²) in [5.41, 5.74) is 12.7. The molecule has 10 heteroatoms. The van der Waals surface area contributed by atoms with Crippen LogP contribution in [0.4, 0.5) is 10.5 Å². The van der Waals surface area contributed by atoms with Gasteiger partial charge in [-0.25, -0.2) is 14.6 Å². The Hall–Kier alpha value is -3.30. The summed E-state index contributed by atoms with van der Waals surface area (Å²) in [6.07, 6.45) is 4.49. The zero-order valence-electron chi connectivity index (χ0n) is 20.5. The standard InChI is InChI=1S/C24H36N6O4/c1-5-33-19(31)18(27-22(32)34-23(2,3)4)15-16-9-11-17(12-10-16)30-21(26)28-20(25)29-24(30)13-7-6-8-14-24/h9-12,18H,5-8,13-15H2,1-4H3,(H,27,32)(H4,25,26,28,29). The van der Waals surface area contributed by atoms with Gasteiger partial charge < -0.3 is 26.3 Å². The molecule has 0 saturated heterocycles. The highest BCUT2D eigenvalue weighted by Gasteiger charge is 2.42. The van der Waals surface area contributed by atoms with Gasteiger partial charge in [0, 0.05) is 12.1 Å². The van der Waals surface area contributed by atoms with Crippen LogP contribution in [0.3, 0.4) is 0 Å². The number of rotatable bonds is 6. The Bertz CT molecular complexity index is 945. The van der Waals surface area contributed by atoms with E-state index in [0.29, 0.717) is 5.96 Å². The first-order valence-corrected chi connectivity index (χ1v) is 11.8. The maximum absolute atomic E-state index is 12.5. The molecule has 0 radical (unpaired) electrons. The third kappa shape index (κ3) is 6.18. The largest absolute Gasteiger partial charge is 0.464 e. The van der Waals surface area contributed by atoms with Gasteiger partial charge in [0.15, 0.2) is 0 Å². The Kier molecular flexibility index (Phi) is 7.68. The van der Waals surface area contributed by atoms with Gasteiger partial charge >= 0.3 is 12.1 Å². The van der Waals surface area contributed by atoms with Crippen LogP contribution < -0.4 is 21.7 Å². The molecule has 0 aromatic heterocycles. The molecule has 10 nitrogen and oxygen atoms in total. The average molecular weight is 473 g/mol. The molecule has 1 fully saturated rings. The van der Waals surface area contributed by atoms with E-state index in [1.54, 1.807) is 27.7 Å². The minimum Gasteiger partial charge on any atom is -0.464 e. The predicted octanol–water partition coefficient (Wildman–Crippen LogP) is 2.80. The molecule has 5 N–H and O–H groups in total. The summed E-state index contributed by atoms with van der Waals surface area (Å²) < 4.78 is 10.5. The second-order valence-corrected chi connectivity index (χ2v) is 9.64. The molecule has 1 heterocycles. The lowest BCUT2D eigenvalue weighted by molar-refractivity contribution is -0.145. The third-order valence-electron chi connectivity index (χ3n) is 5.75. The number of guanidine groups is 2. The van der Waals surface area contributed by atoms with Crippen LogP contribution in [0.15, 0.2) is 34.3 Å². The Morgan fingerprint density at radius 1 is 1.15 bits per heavy atom. The fourth-order valence-corrected chi connectivity index (χ4v) is 4.40. The van der Waals surface area contributed by atoms with Crippen LogP contribution >= 0.6 is 0 Å². The van der Waals surface area contributed by atoms with E-state index in [1.165, 1.54) is 0 Å². The smallest absolute Gasteiger partial charge is 0.408 e. The van der Waals surface area contributed by atoms with Crippen molar-refractivity contribution in [1.82, 2.24) is 5.32 Å². The van der Waals surface area contributed by atoms with Crippen LogP contribution in [-0.4, -0.2) is 47.9 Å². The van der Waals surface area contributed by atoms with Crippen LogP contribution in [0.25, 0.3) is 0 Å². The number of hydrogen-bond donors (Lipinski definition) is 3. The Balaban J connectivity index is 1.79. The number of ether oxygens (including phenoxy) is 2. The average Bonchev–Trinajstić information content (AvgIpc) is 2.73. The van der Waals surface area contributed by atoms with Gasteiger partial charge in [0.1, 0.15) is 17.3 Å². The van der Waals surface area contributed by atoms with Crippen LogP contribution in [0, 0.1) is 0 Å². The van der Waals surface area contributed by atoms with Gasteiger partial charge in [-0.2, -0.15) is 4.99 Å².